The first-order chi connectivity index (χ1) is 9.59. The van der Waals surface area contributed by atoms with Gasteiger partial charge in [-0.1, -0.05) is 0 Å². The summed E-state index contributed by atoms with van der Waals surface area (Å²) < 4.78 is 0. The quantitative estimate of drug-likeness (QED) is 0.492. The van der Waals surface area contributed by atoms with Crippen molar-refractivity contribution in [2.45, 2.75) is 18.9 Å². The Kier molecular flexibility index (Phi) is 2.98. The number of rotatable bonds is 2. The maximum atomic E-state index is 12.3. The number of nitrogens with zero attached hydrogens (tertiary/aromatic N) is 2. The Hall–Kier alpha value is -2.28. The first-order valence-electron chi connectivity index (χ1n) is 6.46. The number of piperidine rings is 1. The number of carbonyl (C=O) groups is 2. The van der Waals surface area contributed by atoms with E-state index in [2.05, 4.69) is 5.32 Å². The van der Waals surface area contributed by atoms with Crippen molar-refractivity contribution in [2.75, 3.05) is 13.1 Å². The third-order valence-corrected chi connectivity index (χ3v) is 3.75. The molecular weight excluding hydrogens is 262 g/mol. The highest BCUT2D eigenvalue weighted by Gasteiger charge is 2.41. The van der Waals surface area contributed by atoms with Crippen molar-refractivity contribution in [3.8, 4) is 0 Å². The maximum absolute atomic E-state index is 12.3. The molecule has 1 atom stereocenters. The number of hydrogen-bond acceptors (Lipinski definition) is 5. The summed E-state index contributed by atoms with van der Waals surface area (Å²) in [5.74, 6) is -0.781. The predicted octanol–water partition coefficient (Wildman–Crippen LogP) is 0.943. The molecule has 2 aliphatic heterocycles. The molecule has 2 amide bonds. The first kappa shape index (κ1) is 12.7. The van der Waals surface area contributed by atoms with Gasteiger partial charge in [-0.25, -0.2) is 0 Å². The van der Waals surface area contributed by atoms with Crippen LogP contribution in [0.5, 0.6) is 0 Å². The molecule has 7 nitrogen and oxygen atoms in total. The minimum atomic E-state index is -0.567. The Bertz CT molecular complexity index is 608. The van der Waals surface area contributed by atoms with Gasteiger partial charge in [-0.15, -0.1) is 0 Å². The van der Waals surface area contributed by atoms with Crippen LogP contribution in [0.15, 0.2) is 18.2 Å². The lowest BCUT2D eigenvalue weighted by molar-refractivity contribution is -0.384. The van der Waals surface area contributed by atoms with Gasteiger partial charge in [-0.2, -0.15) is 0 Å². The minimum Gasteiger partial charge on any atom is -0.315 e. The molecule has 0 aromatic heterocycles. The molecule has 1 N–H and O–H groups in total. The molecule has 1 aromatic carbocycles. The van der Waals surface area contributed by atoms with E-state index < -0.39 is 10.8 Å². The van der Waals surface area contributed by atoms with Gasteiger partial charge >= 0.3 is 0 Å². The number of carbonyl (C=O) groups excluding carboxylic acids is 2. The SMILES string of the molecule is O=C1c2ccc([N+](=O)[O-])cc2C(=O)N1[C@@H]1CCCNC1. The average molecular weight is 275 g/mol. The highest BCUT2D eigenvalue weighted by molar-refractivity contribution is 6.21. The van der Waals surface area contributed by atoms with Gasteiger partial charge in [0.25, 0.3) is 17.5 Å². The molecular formula is C13H13N3O4. The smallest absolute Gasteiger partial charge is 0.270 e. The summed E-state index contributed by atoms with van der Waals surface area (Å²) in [6.07, 6.45) is 1.67. The molecule has 0 unspecified atom stereocenters. The number of imide groups is 1. The van der Waals surface area contributed by atoms with Crippen LogP contribution < -0.4 is 5.32 Å². The molecule has 0 saturated carbocycles. The number of nitrogens with one attached hydrogen (secondary N) is 1. The molecule has 2 heterocycles. The van der Waals surface area contributed by atoms with Crippen LogP contribution in [0.4, 0.5) is 5.69 Å². The summed E-state index contributed by atoms with van der Waals surface area (Å²) in [7, 11) is 0. The number of amides is 2. The van der Waals surface area contributed by atoms with E-state index in [0.717, 1.165) is 19.4 Å². The summed E-state index contributed by atoms with van der Waals surface area (Å²) in [5, 5.41) is 13.9. The van der Waals surface area contributed by atoms with Gasteiger partial charge < -0.3 is 5.32 Å². The second kappa shape index (κ2) is 4.68. The van der Waals surface area contributed by atoms with E-state index in [-0.39, 0.29) is 28.8 Å². The molecule has 7 heteroatoms. The Balaban J connectivity index is 1.96. The molecule has 3 rings (SSSR count). The lowest BCUT2D eigenvalue weighted by Crippen LogP contribution is -2.48. The molecule has 20 heavy (non-hydrogen) atoms. The van der Waals surface area contributed by atoms with Gasteiger partial charge in [0, 0.05) is 18.7 Å². The second-order valence-electron chi connectivity index (χ2n) is 4.97. The van der Waals surface area contributed by atoms with Crippen molar-refractivity contribution in [1.29, 1.82) is 0 Å². The van der Waals surface area contributed by atoms with Crippen LogP contribution in [0.2, 0.25) is 0 Å². The zero-order valence-corrected chi connectivity index (χ0v) is 10.7. The number of benzene rings is 1. The number of non-ortho nitro benzene ring substituents is 1. The molecule has 1 aromatic rings. The van der Waals surface area contributed by atoms with Crippen molar-refractivity contribution >= 4 is 17.5 Å². The molecule has 1 saturated heterocycles. The second-order valence-corrected chi connectivity index (χ2v) is 4.97. The van der Waals surface area contributed by atoms with Gasteiger partial charge in [0.2, 0.25) is 0 Å². The van der Waals surface area contributed by atoms with Crippen molar-refractivity contribution in [2.24, 2.45) is 0 Å². The molecule has 0 radical (unpaired) electrons. The van der Waals surface area contributed by atoms with Crippen LogP contribution in [0.25, 0.3) is 0 Å². The fourth-order valence-electron chi connectivity index (χ4n) is 2.75. The van der Waals surface area contributed by atoms with Crippen LogP contribution in [-0.4, -0.2) is 40.8 Å². The summed E-state index contributed by atoms with van der Waals surface area (Å²) in [6.45, 7) is 1.46. The van der Waals surface area contributed by atoms with E-state index in [1.54, 1.807) is 0 Å². The average Bonchev–Trinajstić information content (AvgIpc) is 2.71. The highest BCUT2D eigenvalue weighted by atomic mass is 16.6. The van der Waals surface area contributed by atoms with Gasteiger partial charge in [-0.3, -0.25) is 24.6 Å². The van der Waals surface area contributed by atoms with Crippen molar-refractivity contribution in [3.63, 3.8) is 0 Å². The van der Waals surface area contributed by atoms with Crippen LogP contribution in [0.3, 0.4) is 0 Å². The predicted molar refractivity (Wildman–Crippen MR) is 69.5 cm³/mol. The number of nitro groups is 1. The third-order valence-electron chi connectivity index (χ3n) is 3.75. The van der Waals surface area contributed by atoms with E-state index in [1.807, 2.05) is 0 Å². The summed E-state index contributed by atoms with van der Waals surface area (Å²) in [5.41, 5.74) is 0.217. The van der Waals surface area contributed by atoms with Gasteiger partial charge in [0.05, 0.1) is 22.1 Å². The Morgan fingerprint density at radius 2 is 2.00 bits per heavy atom. The Labute approximate surface area is 114 Å². The highest BCUT2D eigenvalue weighted by Crippen LogP contribution is 2.29. The van der Waals surface area contributed by atoms with E-state index in [0.29, 0.717) is 6.54 Å². The molecule has 1 fully saturated rings. The number of fused-ring (bicyclic) bond motifs is 1. The number of nitro benzene ring substituents is 1. The summed E-state index contributed by atoms with van der Waals surface area (Å²) in [6, 6.07) is 3.64. The van der Waals surface area contributed by atoms with Crippen LogP contribution >= 0.6 is 0 Å². The van der Waals surface area contributed by atoms with Gasteiger partial charge in [0.1, 0.15) is 0 Å². The van der Waals surface area contributed by atoms with E-state index >= 15 is 0 Å². The zero-order chi connectivity index (χ0) is 14.3. The maximum Gasteiger partial charge on any atom is 0.270 e. The van der Waals surface area contributed by atoms with E-state index in [4.69, 9.17) is 0 Å². The van der Waals surface area contributed by atoms with Gasteiger partial charge in [-0.05, 0) is 25.5 Å². The van der Waals surface area contributed by atoms with E-state index in [9.17, 15) is 19.7 Å². The monoisotopic (exact) mass is 275 g/mol. The van der Waals surface area contributed by atoms with Crippen molar-refractivity contribution < 1.29 is 14.5 Å². The lowest BCUT2D eigenvalue weighted by Gasteiger charge is -2.29. The lowest BCUT2D eigenvalue weighted by atomic mass is 10.1. The number of hydrogen-bond donors (Lipinski definition) is 1. The van der Waals surface area contributed by atoms with Crippen LogP contribution in [-0.2, 0) is 0 Å². The Morgan fingerprint density at radius 1 is 1.25 bits per heavy atom. The standard InChI is InChI=1S/C13H13N3O4/c17-12-10-4-3-8(16(19)20)6-11(10)13(18)15(12)9-2-1-5-14-7-9/h3-4,6,9,14H,1-2,5,7H2/t9-/m1/s1. The summed E-state index contributed by atoms with van der Waals surface area (Å²) >= 11 is 0. The molecule has 0 aliphatic carbocycles. The Morgan fingerprint density at radius 3 is 2.65 bits per heavy atom. The normalized spacial score (nSPS) is 22.0. The van der Waals surface area contributed by atoms with Crippen molar-refractivity contribution in [1.82, 2.24) is 10.2 Å². The molecule has 0 spiro atoms. The van der Waals surface area contributed by atoms with E-state index in [1.165, 1.54) is 23.1 Å². The third kappa shape index (κ3) is 1.87. The topological polar surface area (TPSA) is 92.5 Å². The fraction of sp³-hybridized carbons (Fsp3) is 0.385. The van der Waals surface area contributed by atoms with Crippen LogP contribution in [0, 0.1) is 10.1 Å². The molecule has 0 bridgehead atoms. The first-order valence-corrected chi connectivity index (χ1v) is 6.46. The minimum absolute atomic E-state index is 0.134. The largest absolute Gasteiger partial charge is 0.315 e. The zero-order valence-electron chi connectivity index (χ0n) is 10.7. The molecule has 2 aliphatic rings. The molecule has 104 valence electrons. The van der Waals surface area contributed by atoms with Crippen molar-refractivity contribution in [3.05, 3.63) is 39.4 Å². The fourth-order valence-corrected chi connectivity index (χ4v) is 2.75. The van der Waals surface area contributed by atoms with Gasteiger partial charge in [0.15, 0.2) is 0 Å². The summed E-state index contributed by atoms with van der Waals surface area (Å²) in [4.78, 5) is 36.1. The van der Waals surface area contributed by atoms with Crippen LogP contribution in [0.1, 0.15) is 33.6 Å².